The van der Waals surface area contributed by atoms with Gasteiger partial charge in [-0.3, -0.25) is 24.0 Å². The SMILES string of the molecule is CN[C@@H](C)C(=O)N[C@H](C(=O)N1CCC[C@H]1C(=O)N[C@H](CNC(=O)CCCC(=O)NCCc1ccccc1)c1ccccc1)C(C)(C)C. The number of carbonyl (C=O) groups excluding carboxylic acids is 5. The average molecular weight is 649 g/mol. The molecule has 47 heavy (non-hydrogen) atoms. The zero-order valence-electron chi connectivity index (χ0n) is 28.4. The summed E-state index contributed by atoms with van der Waals surface area (Å²) in [5.41, 5.74) is 1.39. The van der Waals surface area contributed by atoms with Crippen molar-refractivity contribution in [3.8, 4) is 0 Å². The van der Waals surface area contributed by atoms with Gasteiger partial charge in [-0.25, -0.2) is 0 Å². The third kappa shape index (κ3) is 11.8. The van der Waals surface area contributed by atoms with Crippen LogP contribution in [-0.4, -0.2) is 79.2 Å². The summed E-state index contributed by atoms with van der Waals surface area (Å²) in [5, 5.41) is 14.6. The molecule has 2 aromatic rings. The molecule has 11 heteroatoms. The van der Waals surface area contributed by atoms with Crippen LogP contribution in [0.4, 0.5) is 0 Å². The molecule has 5 N–H and O–H groups in total. The molecule has 0 bridgehead atoms. The van der Waals surface area contributed by atoms with E-state index in [9.17, 15) is 24.0 Å². The standard InChI is InChI=1S/C36H52N6O5/c1-25(37-5)33(45)41-32(36(2,3)4)35(47)42-23-13-18-29(42)34(46)40-28(27-16-10-7-11-17-27)24-39-31(44)20-12-19-30(43)38-22-21-26-14-8-6-9-15-26/h6-11,14-17,25,28-29,32,37H,12-13,18-24H2,1-5H3,(H,38,43)(H,39,44)(H,40,46)(H,41,45)/t25-,28+,29-,32+/m0/s1. The minimum atomic E-state index is -0.811. The Labute approximate surface area is 279 Å². The number of nitrogens with one attached hydrogen (secondary N) is 5. The Morgan fingerprint density at radius 1 is 0.872 bits per heavy atom. The molecule has 0 radical (unpaired) electrons. The maximum atomic E-state index is 13.8. The van der Waals surface area contributed by atoms with E-state index in [0.717, 1.165) is 17.5 Å². The summed E-state index contributed by atoms with van der Waals surface area (Å²) < 4.78 is 0. The molecule has 4 atom stereocenters. The second-order valence-corrected chi connectivity index (χ2v) is 13.2. The van der Waals surface area contributed by atoms with Crippen molar-refractivity contribution in [1.82, 2.24) is 31.5 Å². The van der Waals surface area contributed by atoms with Gasteiger partial charge < -0.3 is 31.5 Å². The lowest BCUT2D eigenvalue weighted by Crippen LogP contribution is -2.59. The first-order valence-electron chi connectivity index (χ1n) is 16.6. The highest BCUT2D eigenvalue weighted by Crippen LogP contribution is 2.26. The van der Waals surface area contributed by atoms with Crippen LogP contribution in [0.2, 0.25) is 0 Å². The monoisotopic (exact) mass is 648 g/mol. The maximum absolute atomic E-state index is 13.8. The van der Waals surface area contributed by atoms with Crippen LogP contribution in [0.5, 0.6) is 0 Å². The van der Waals surface area contributed by atoms with Crippen molar-refractivity contribution < 1.29 is 24.0 Å². The number of hydrogen-bond donors (Lipinski definition) is 5. The Morgan fingerprint density at radius 2 is 1.49 bits per heavy atom. The second kappa shape index (κ2) is 18.2. The number of hydrogen-bond acceptors (Lipinski definition) is 6. The van der Waals surface area contributed by atoms with Crippen LogP contribution in [0.3, 0.4) is 0 Å². The summed E-state index contributed by atoms with van der Waals surface area (Å²) >= 11 is 0. The molecule has 256 valence electrons. The predicted molar refractivity (Wildman–Crippen MR) is 182 cm³/mol. The van der Waals surface area contributed by atoms with Crippen molar-refractivity contribution in [1.29, 1.82) is 0 Å². The van der Waals surface area contributed by atoms with Crippen LogP contribution < -0.4 is 26.6 Å². The molecule has 1 heterocycles. The first-order chi connectivity index (χ1) is 22.4. The topological polar surface area (TPSA) is 149 Å². The molecular formula is C36H52N6O5. The summed E-state index contributed by atoms with van der Waals surface area (Å²) in [6, 6.07) is 16.8. The number of rotatable bonds is 16. The van der Waals surface area contributed by atoms with Gasteiger partial charge in [-0.1, -0.05) is 81.4 Å². The number of carbonyl (C=O) groups is 5. The van der Waals surface area contributed by atoms with Gasteiger partial charge in [-0.05, 0) is 56.2 Å². The summed E-state index contributed by atoms with van der Waals surface area (Å²) in [6.07, 6.45) is 2.74. The minimum Gasteiger partial charge on any atom is -0.356 e. The van der Waals surface area contributed by atoms with Crippen LogP contribution in [0.25, 0.3) is 0 Å². The number of likely N-dealkylation sites (N-methyl/N-ethyl adjacent to an activating group) is 1. The molecule has 5 amide bonds. The third-order valence-corrected chi connectivity index (χ3v) is 8.47. The molecule has 1 fully saturated rings. The fourth-order valence-corrected chi connectivity index (χ4v) is 5.51. The molecule has 0 aliphatic carbocycles. The largest absolute Gasteiger partial charge is 0.356 e. The number of benzene rings is 2. The molecular weight excluding hydrogens is 596 g/mol. The van der Waals surface area contributed by atoms with E-state index in [1.165, 1.54) is 0 Å². The normalized spacial score (nSPS) is 16.4. The molecule has 2 aromatic carbocycles. The Morgan fingerprint density at radius 3 is 2.11 bits per heavy atom. The summed E-state index contributed by atoms with van der Waals surface area (Å²) in [4.78, 5) is 66.8. The quantitative estimate of drug-likeness (QED) is 0.189. The van der Waals surface area contributed by atoms with E-state index >= 15 is 0 Å². The van der Waals surface area contributed by atoms with Gasteiger partial charge in [-0.15, -0.1) is 0 Å². The Hall–Kier alpha value is -4.25. The number of nitrogens with zero attached hydrogens (tertiary/aromatic N) is 1. The highest BCUT2D eigenvalue weighted by atomic mass is 16.2. The van der Waals surface area contributed by atoms with E-state index in [4.69, 9.17) is 0 Å². The zero-order chi connectivity index (χ0) is 34.4. The Bertz CT molecular complexity index is 1330. The summed E-state index contributed by atoms with van der Waals surface area (Å²) in [6.45, 7) is 8.49. The van der Waals surface area contributed by atoms with E-state index < -0.39 is 29.6 Å². The fraction of sp³-hybridized carbons (Fsp3) is 0.528. The van der Waals surface area contributed by atoms with Crippen molar-refractivity contribution in [3.63, 3.8) is 0 Å². The van der Waals surface area contributed by atoms with Gasteiger partial charge in [0.15, 0.2) is 0 Å². The molecule has 0 unspecified atom stereocenters. The van der Waals surface area contributed by atoms with Gasteiger partial charge in [0.2, 0.25) is 29.5 Å². The average Bonchev–Trinajstić information content (AvgIpc) is 3.55. The van der Waals surface area contributed by atoms with Crippen LogP contribution >= 0.6 is 0 Å². The molecule has 1 saturated heterocycles. The number of amides is 5. The van der Waals surface area contributed by atoms with Crippen LogP contribution in [0, 0.1) is 5.41 Å². The van der Waals surface area contributed by atoms with Gasteiger partial charge in [0, 0.05) is 32.5 Å². The lowest BCUT2D eigenvalue weighted by Gasteiger charge is -2.36. The van der Waals surface area contributed by atoms with Crippen molar-refractivity contribution in [2.24, 2.45) is 5.41 Å². The molecule has 11 nitrogen and oxygen atoms in total. The van der Waals surface area contributed by atoms with E-state index in [2.05, 4.69) is 26.6 Å². The lowest BCUT2D eigenvalue weighted by atomic mass is 9.85. The van der Waals surface area contributed by atoms with E-state index in [1.54, 1.807) is 18.9 Å². The summed E-state index contributed by atoms with van der Waals surface area (Å²) in [5.74, 6) is -1.20. The first kappa shape index (κ1) is 37.2. The molecule has 1 aliphatic rings. The molecule has 1 aliphatic heterocycles. The van der Waals surface area contributed by atoms with Crippen LogP contribution in [-0.2, 0) is 30.4 Å². The zero-order valence-corrected chi connectivity index (χ0v) is 28.4. The van der Waals surface area contributed by atoms with Gasteiger partial charge in [-0.2, -0.15) is 0 Å². The van der Waals surface area contributed by atoms with Crippen molar-refractivity contribution in [2.45, 2.75) is 90.4 Å². The van der Waals surface area contributed by atoms with Gasteiger partial charge in [0.25, 0.3) is 0 Å². The highest BCUT2D eigenvalue weighted by molar-refractivity contribution is 5.94. The maximum Gasteiger partial charge on any atom is 0.246 e. The van der Waals surface area contributed by atoms with Gasteiger partial charge in [0.05, 0.1) is 12.1 Å². The molecule has 3 rings (SSSR count). The Kier molecular flexibility index (Phi) is 14.4. The van der Waals surface area contributed by atoms with E-state index in [1.807, 2.05) is 81.4 Å². The van der Waals surface area contributed by atoms with Crippen LogP contribution in [0.1, 0.15) is 77.0 Å². The van der Waals surface area contributed by atoms with Crippen molar-refractivity contribution in [3.05, 3.63) is 71.8 Å². The fourth-order valence-electron chi connectivity index (χ4n) is 5.51. The Balaban J connectivity index is 1.56. The lowest BCUT2D eigenvalue weighted by molar-refractivity contribution is -0.144. The van der Waals surface area contributed by atoms with E-state index in [-0.39, 0.29) is 48.9 Å². The molecule has 0 saturated carbocycles. The molecule has 0 spiro atoms. The third-order valence-electron chi connectivity index (χ3n) is 8.47. The van der Waals surface area contributed by atoms with Gasteiger partial charge in [0.1, 0.15) is 12.1 Å². The highest BCUT2D eigenvalue weighted by Gasteiger charge is 2.42. The second-order valence-electron chi connectivity index (χ2n) is 13.2. The predicted octanol–water partition coefficient (Wildman–Crippen LogP) is 2.62. The smallest absolute Gasteiger partial charge is 0.246 e. The molecule has 0 aromatic heterocycles. The first-order valence-corrected chi connectivity index (χ1v) is 16.6. The summed E-state index contributed by atoms with van der Waals surface area (Å²) in [7, 11) is 1.68. The number of likely N-dealkylation sites (tertiary alicyclic amines) is 1. The van der Waals surface area contributed by atoms with Crippen molar-refractivity contribution in [2.75, 3.05) is 26.7 Å². The van der Waals surface area contributed by atoms with Gasteiger partial charge >= 0.3 is 0 Å². The van der Waals surface area contributed by atoms with E-state index in [0.29, 0.717) is 32.4 Å². The van der Waals surface area contributed by atoms with Crippen molar-refractivity contribution >= 4 is 29.5 Å². The van der Waals surface area contributed by atoms with Crippen LogP contribution in [0.15, 0.2) is 60.7 Å². The minimum absolute atomic E-state index is 0.0939.